The van der Waals surface area contributed by atoms with Crippen LogP contribution < -0.4 is 5.32 Å². The highest BCUT2D eigenvalue weighted by atomic mass is 79.9. The molecule has 1 aromatic carbocycles. The summed E-state index contributed by atoms with van der Waals surface area (Å²) < 4.78 is 1.02. The summed E-state index contributed by atoms with van der Waals surface area (Å²) in [7, 11) is 0. The quantitative estimate of drug-likeness (QED) is 0.769. The Balaban J connectivity index is 0.00000110. The Bertz CT molecular complexity index is 449. The van der Waals surface area contributed by atoms with Crippen molar-refractivity contribution in [3.63, 3.8) is 0 Å². The summed E-state index contributed by atoms with van der Waals surface area (Å²) in [5.41, 5.74) is 1.42. The van der Waals surface area contributed by atoms with E-state index in [2.05, 4.69) is 38.3 Å². The summed E-state index contributed by atoms with van der Waals surface area (Å²) >= 11 is 9.69. The number of hydrogen-bond acceptors (Lipinski definition) is 2. The summed E-state index contributed by atoms with van der Waals surface area (Å²) in [5, 5.41) is 4.25. The number of benzene rings is 1. The van der Waals surface area contributed by atoms with Crippen molar-refractivity contribution in [2.45, 2.75) is 25.3 Å². The highest BCUT2D eigenvalue weighted by Crippen LogP contribution is 2.42. The van der Waals surface area contributed by atoms with Crippen molar-refractivity contribution in [3.8, 4) is 0 Å². The zero-order valence-corrected chi connectivity index (χ0v) is 15.8. The summed E-state index contributed by atoms with van der Waals surface area (Å²) in [4.78, 5) is 2.65. The van der Waals surface area contributed by atoms with Crippen LogP contribution in [0, 0.1) is 5.92 Å². The van der Waals surface area contributed by atoms with Crippen LogP contribution in [-0.2, 0) is 0 Å². The van der Waals surface area contributed by atoms with Gasteiger partial charge in [0.1, 0.15) is 0 Å². The zero-order chi connectivity index (χ0) is 13.2. The summed E-state index contributed by atoms with van der Waals surface area (Å²) in [6.07, 6.45) is 4.13. The highest BCUT2D eigenvalue weighted by Gasteiger charge is 2.33. The maximum Gasteiger partial charge on any atom is 0.0548 e. The Morgan fingerprint density at radius 1 is 1.19 bits per heavy atom. The van der Waals surface area contributed by atoms with E-state index < -0.39 is 0 Å². The Kier molecular flexibility index (Phi) is 8.33. The van der Waals surface area contributed by atoms with Crippen LogP contribution in [0.3, 0.4) is 0 Å². The molecule has 120 valence electrons. The van der Waals surface area contributed by atoms with Gasteiger partial charge < -0.3 is 5.32 Å². The SMILES string of the molecule is Cl.Cl.Clc1ccc([C@H](C2CCC2)N2CCNCC2)cc1Br. The molecule has 0 unspecified atom stereocenters. The third-order valence-corrected chi connectivity index (χ3v) is 5.64. The van der Waals surface area contributed by atoms with Crippen molar-refractivity contribution in [2.75, 3.05) is 26.2 Å². The van der Waals surface area contributed by atoms with E-state index in [1.54, 1.807) is 0 Å². The topological polar surface area (TPSA) is 15.3 Å². The fourth-order valence-corrected chi connectivity index (χ4v) is 3.71. The maximum atomic E-state index is 6.13. The van der Waals surface area contributed by atoms with E-state index in [1.165, 1.54) is 24.8 Å². The number of nitrogens with zero attached hydrogens (tertiary/aromatic N) is 1. The molecular formula is C15H22BrCl3N2. The van der Waals surface area contributed by atoms with E-state index in [4.69, 9.17) is 11.6 Å². The second-order valence-corrected chi connectivity index (χ2v) is 6.86. The lowest BCUT2D eigenvalue weighted by Gasteiger charge is -2.43. The van der Waals surface area contributed by atoms with Crippen molar-refractivity contribution >= 4 is 52.3 Å². The first-order valence-electron chi connectivity index (χ1n) is 7.15. The predicted octanol–water partition coefficient (Wildman–Crippen LogP) is 4.69. The molecule has 1 aromatic rings. The normalized spacial score (nSPS) is 20.9. The van der Waals surface area contributed by atoms with Gasteiger partial charge in [-0.1, -0.05) is 24.1 Å². The molecule has 0 spiro atoms. The molecule has 1 heterocycles. The van der Waals surface area contributed by atoms with Gasteiger partial charge in [0.25, 0.3) is 0 Å². The highest BCUT2D eigenvalue weighted by molar-refractivity contribution is 9.10. The maximum absolute atomic E-state index is 6.13. The van der Waals surface area contributed by atoms with E-state index >= 15 is 0 Å². The molecule has 0 radical (unpaired) electrons. The molecule has 1 aliphatic carbocycles. The number of piperazine rings is 1. The van der Waals surface area contributed by atoms with Gasteiger partial charge in [-0.3, -0.25) is 4.90 Å². The molecular weight excluding hydrogens is 394 g/mol. The Morgan fingerprint density at radius 3 is 2.38 bits per heavy atom. The molecule has 6 heteroatoms. The van der Waals surface area contributed by atoms with Crippen LogP contribution in [-0.4, -0.2) is 31.1 Å². The zero-order valence-electron chi connectivity index (χ0n) is 11.9. The summed E-state index contributed by atoms with van der Waals surface area (Å²) in [6.45, 7) is 4.53. The molecule has 1 N–H and O–H groups in total. The number of rotatable bonds is 3. The largest absolute Gasteiger partial charge is 0.314 e. The molecule has 1 atom stereocenters. The minimum atomic E-state index is 0. The van der Waals surface area contributed by atoms with Crippen LogP contribution in [0.2, 0.25) is 5.02 Å². The van der Waals surface area contributed by atoms with Crippen LogP contribution >= 0.6 is 52.3 Å². The molecule has 1 saturated carbocycles. The van der Waals surface area contributed by atoms with Gasteiger partial charge in [-0.25, -0.2) is 0 Å². The molecule has 21 heavy (non-hydrogen) atoms. The predicted molar refractivity (Wildman–Crippen MR) is 98.2 cm³/mol. The molecule has 1 saturated heterocycles. The van der Waals surface area contributed by atoms with Crippen LogP contribution in [0.1, 0.15) is 30.9 Å². The fraction of sp³-hybridized carbons (Fsp3) is 0.600. The first-order valence-corrected chi connectivity index (χ1v) is 8.32. The van der Waals surface area contributed by atoms with Crippen molar-refractivity contribution in [1.29, 1.82) is 0 Å². The minimum Gasteiger partial charge on any atom is -0.314 e. The molecule has 1 aliphatic heterocycles. The van der Waals surface area contributed by atoms with Crippen molar-refractivity contribution in [1.82, 2.24) is 10.2 Å². The monoisotopic (exact) mass is 414 g/mol. The first-order chi connectivity index (χ1) is 9.25. The van der Waals surface area contributed by atoms with E-state index in [0.717, 1.165) is 41.6 Å². The smallest absolute Gasteiger partial charge is 0.0548 e. The molecule has 3 rings (SSSR count). The van der Waals surface area contributed by atoms with Crippen LogP contribution in [0.25, 0.3) is 0 Å². The van der Waals surface area contributed by atoms with Crippen LogP contribution in [0.15, 0.2) is 22.7 Å². The average Bonchev–Trinajstić information content (AvgIpc) is 2.38. The Morgan fingerprint density at radius 2 is 1.86 bits per heavy atom. The molecule has 0 bridgehead atoms. The van der Waals surface area contributed by atoms with E-state index in [1.807, 2.05) is 6.07 Å². The van der Waals surface area contributed by atoms with Crippen molar-refractivity contribution in [2.24, 2.45) is 5.92 Å². The molecule has 2 fully saturated rings. The average molecular weight is 417 g/mol. The number of nitrogens with one attached hydrogen (secondary N) is 1. The first kappa shape index (κ1) is 19.5. The van der Waals surface area contributed by atoms with Gasteiger partial charge in [0.2, 0.25) is 0 Å². The van der Waals surface area contributed by atoms with Crippen molar-refractivity contribution in [3.05, 3.63) is 33.3 Å². The van der Waals surface area contributed by atoms with Gasteiger partial charge in [-0.2, -0.15) is 0 Å². The van der Waals surface area contributed by atoms with Gasteiger partial charge in [-0.05, 0) is 52.4 Å². The Hall–Kier alpha value is 0.490. The lowest BCUT2D eigenvalue weighted by Crippen LogP contribution is -2.47. The van der Waals surface area contributed by atoms with Crippen LogP contribution in [0.4, 0.5) is 0 Å². The molecule has 0 aromatic heterocycles. The third kappa shape index (κ3) is 4.49. The second-order valence-electron chi connectivity index (χ2n) is 5.60. The minimum absolute atomic E-state index is 0. The lowest BCUT2D eigenvalue weighted by molar-refractivity contribution is 0.0837. The summed E-state index contributed by atoms with van der Waals surface area (Å²) in [5.74, 6) is 0.825. The molecule has 2 nitrogen and oxygen atoms in total. The van der Waals surface area contributed by atoms with Crippen molar-refractivity contribution < 1.29 is 0 Å². The molecule has 0 amide bonds. The number of hydrogen-bond donors (Lipinski definition) is 1. The second kappa shape index (κ2) is 8.95. The van der Waals surface area contributed by atoms with Gasteiger partial charge in [0, 0.05) is 36.7 Å². The molecule has 2 aliphatic rings. The van der Waals surface area contributed by atoms with E-state index in [0.29, 0.717) is 6.04 Å². The standard InChI is InChI=1S/C15H20BrClN2.2ClH/c16-13-10-12(4-5-14(13)17)15(11-2-1-3-11)19-8-6-18-7-9-19;;/h4-5,10-11,15,18H,1-3,6-9H2;2*1H/t15-;;/m0../s1. The van der Waals surface area contributed by atoms with E-state index in [9.17, 15) is 0 Å². The van der Waals surface area contributed by atoms with E-state index in [-0.39, 0.29) is 24.8 Å². The van der Waals surface area contributed by atoms with Gasteiger partial charge in [-0.15, -0.1) is 24.8 Å². The number of halogens is 4. The Labute approximate surface area is 152 Å². The summed E-state index contributed by atoms with van der Waals surface area (Å²) in [6, 6.07) is 7.02. The lowest BCUT2D eigenvalue weighted by atomic mass is 9.76. The van der Waals surface area contributed by atoms with Gasteiger partial charge >= 0.3 is 0 Å². The van der Waals surface area contributed by atoms with Gasteiger partial charge in [0.05, 0.1) is 5.02 Å². The fourth-order valence-electron chi connectivity index (χ4n) is 3.19. The van der Waals surface area contributed by atoms with Gasteiger partial charge in [0.15, 0.2) is 0 Å². The van der Waals surface area contributed by atoms with Crippen LogP contribution in [0.5, 0.6) is 0 Å². The third-order valence-electron chi connectivity index (χ3n) is 4.43.